The lowest BCUT2D eigenvalue weighted by Crippen LogP contribution is -2.61. The maximum absolute atomic E-state index is 12.4. The lowest BCUT2D eigenvalue weighted by atomic mass is 9.42. The van der Waals surface area contributed by atoms with Crippen LogP contribution in [-0.4, -0.2) is 19.4 Å². The summed E-state index contributed by atoms with van der Waals surface area (Å²) in [5, 5.41) is 0. The molecule has 0 heterocycles. The van der Waals surface area contributed by atoms with Gasteiger partial charge in [0, 0.05) is 5.41 Å². The summed E-state index contributed by atoms with van der Waals surface area (Å²) < 4.78 is 5.03. The molecule has 1 spiro atoms. The van der Waals surface area contributed by atoms with E-state index in [-0.39, 0.29) is 17.3 Å². The Labute approximate surface area is 114 Å². The largest absolute Gasteiger partial charge is 0.468 e. The van der Waals surface area contributed by atoms with Crippen LogP contribution in [0.25, 0.3) is 0 Å². The van der Waals surface area contributed by atoms with Gasteiger partial charge in [-0.05, 0) is 42.9 Å². The maximum atomic E-state index is 12.4. The van der Waals surface area contributed by atoms with Crippen molar-refractivity contribution >= 4 is 12.3 Å². The molecule has 0 unspecified atom stereocenters. The molecule has 4 aliphatic carbocycles. The molecule has 0 aromatic heterocycles. The van der Waals surface area contributed by atoms with E-state index in [0.717, 1.165) is 32.0 Å². The van der Waals surface area contributed by atoms with Gasteiger partial charge in [-0.15, -0.1) is 0 Å². The fourth-order valence-electron chi connectivity index (χ4n) is 5.25. The number of methoxy groups -OCH3 is 1. The molecule has 0 aromatic rings. The van der Waals surface area contributed by atoms with E-state index in [1.807, 2.05) is 13.0 Å². The number of allylic oxidation sites excluding steroid dienone is 1. The lowest BCUT2D eigenvalue weighted by Gasteiger charge is -2.60. The van der Waals surface area contributed by atoms with Gasteiger partial charge in [0.2, 0.25) is 0 Å². The smallest absolute Gasteiger partial charge is 0.316 e. The van der Waals surface area contributed by atoms with Gasteiger partial charge in [0.1, 0.15) is 6.29 Å². The van der Waals surface area contributed by atoms with Crippen molar-refractivity contribution in [1.82, 2.24) is 0 Å². The molecule has 0 aromatic carbocycles. The lowest BCUT2D eigenvalue weighted by molar-refractivity contribution is -0.175. The van der Waals surface area contributed by atoms with Gasteiger partial charge in [-0.2, -0.15) is 0 Å². The molecule has 0 saturated heterocycles. The van der Waals surface area contributed by atoms with Gasteiger partial charge in [-0.1, -0.05) is 26.0 Å². The minimum Gasteiger partial charge on any atom is -0.468 e. The number of hydrogen-bond donors (Lipinski definition) is 0. The Morgan fingerprint density at radius 3 is 2.58 bits per heavy atom. The number of ether oxygens (including phenoxy) is 1. The third-order valence-electron chi connectivity index (χ3n) is 6.56. The fourth-order valence-corrected chi connectivity index (χ4v) is 5.25. The highest BCUT2D eigenvalue weighted by atomic mass is 16.5. The Kier molecular flexibility index (Phi) is 2.52. The zero-order chi connectivity index (χ0) is 13.9. The second-order valence-electron chi connectivity index (χ2n) is 6.84. The van der Waals surface area contributed by atoms with Gasteiger partial charge in [0.25, 0.3) is 0 Å². The Hall–Kier alpha value is -1.12. The number of esters is 1. The molecule has 2 saturated carbocycles. The van der Waals surface area contributed by atoms with Gasteiger partial charge < -0.3 is 9.53 Å². The van der Waals surface area contributed by atoms with Gasteiger partial charge in [-0.3, -0.25) is 4.79 Å². The zero-order valence-corrected chi connectivity index (χ0v) is 11.9. The monoisotopic (exact) mass is 262 g/mol. The summed E-state index contributed by atoms with van der Waals surface area (Å²) in [6.45, 7) is 4.25. The van der Waals surface area contributed by atoms with Crippen LogP contribution in [-0.2, 0) is 14.3 Å². The van der Waals surface area contributed by atoms with E-state index in [1.54, 1.807) is 0 Å². The number of carbonyl (C=O) groups excluding carboxylic acids is 2. The minimum atomic E-state index is -0.736. The average molecular weight is 262 g/mol. The van der Waals surface area contributed by atoms with E-state index in [4.69, 9.17) is 4.74 Å². The zero-order valence-electron chi connectivity index (χ0n) is 11.9. The highest BCUT2D eigenvalue weighted by Crippen LogP contribution is 2.71. The SMILES string of the molecule is COC(=O)[C@]12C=C[C@@]3(CC1)[C@H](C)CC[C@H]3[C@]2(C)C=O. The van der Waals surface area contributed by atoms with E-state index in [0.29, 0.717) is 5.92 Å². The van der Waals surface area contributed by atoms with Crippen molar-refractivity contribution in [1.29, 1.82) is 0 Å². The molecule has 4 rings (SSSR count). The summed E-state index contributed by atoms with van der Waals surface area (Å²) in [5.74, 6) is 0.639. The van der Waals surface area contributed by atoms with E-state index >= 15 is 0 Å². The number of carbonyl (C=O) groups is 2. The minimum absolute atomic E-state index is 0.130. The van der Waals surface area contributed by atoms with Gasteiger partial charge in [0.15, 0.2) is 0 Å². The number of aldehydes is 1. The standard InChI is InChI=1S/C16H22O3/c1-11-4-5-12-14(2,10-17)16(13(18)19-3)8-6-15(11,12)7-9-16/h6,8,10-12H,4-5,7,9H2,1-3H3/t11-,12+,14+,15-,16+/m1/s1. The third kappa shape index (κ3) is 1.20. The van der Waals surface area contributed by atoms with Crippen molar-refractivity contribution in [3.63, 3.8) is 0 Å². The van der Waals surface area contributed by atoms with Crippen LogP contribution in [0.3, 0.4) is 0 Å². The van der Waals surface area contributed by atoms with Crippen LogP contribution in [0, 0.1) is 28.1 Å². The topological polar surface area (TPSA) is 43.4 Å². The van der Waals surface area contributed by atoms with Crippen LogP contribution in [0.4, 0.5) is 0 Å². The summed E-state index contributed by atoms with van der Waals surface area (Å²) in [5.41, 5.74) is -1.22. The Bertz CT molecular complexity index is 469. The fraction of sp³-hybridized carbons (Fsp3) is 0.750. The molecule has 19 heavy (non-hydrogen) atoms. The second-order valence-corrected chi connectivity index (χ2v) is 6.84. The predicted molar refractivity (Wildman–Crippen MR) is 71.3 cm³/mol. The van der Waals surface area contributed by atoms with Gasteiger partial charge >= 0.3 is 5.97 Å². The molecule has 3 nitrogen and oxygen atoms in total. The molecule has 2 bridgehead atoms. The van der Waals surface area contributed by atoms with Crippen LogP contribution in [0.1, 0.15) is 39.5 Å². The molecule has 2 fully saturated rings. The second kappa shape index (κ2) is 3.71. The molecule has 0 aliphatic heterocycles. The molecule has 4 aliphatic rings. The molecule has 0 radical (unpaired) electrons. The van der Waals surface area contributed by atoms with Crippen molar-refractivity contribution in [2.45, 2.75) is 39.5 Å². The van der Waals surface area contributed by atoms with Crippen LogP contribution in [0.15, 0.2) is 12.2 Å². The van der Waals surface area contributed by atoms with Crippen LogP contribution >= 0.6 is 0 Å². The van der Waals surface area contributed by atoms with Crippen molar-refractivity contribution in [2.75, 3.05) is 7.11 Å². The van der Waals surface area contributed by atoms with Crippen molar-refractivity contribution in [2.24, 2.45) is 28.1 Å². The first kappa shape index (κ1) is 12.9. The summed E-state index contributed by atoms with van der Waals surface area (Å²) in [6.07, 6.45) is 9.20. The van der Waals surface area contributed by atoms with E-state index < -0.39 is 10.8 Å². The Morgan fingerprint density at radius 2 is 2.05 bits per heavy atom. The molecule has 5 atom stereocenters. The highest BCUT2D eigenvalue weighted by molar-refractivity contribution is 5.86. The van der Waals surface area contributed by atoms with Crippen molar-refractivity contribution < 1.29 is 14.3 Å². The van der Waals surface area contributed by atoms with Gasteiger partial charge in [-0.25, -0.2) is 0 Å². The van der Waals surface area contributed by atoms with E-state index in [1.165, 1.54) is 7.11 Å². The normalized spacial score (nSPS) is 50.9. The summed E-state index contributed by atoms with van der Waals surface area (Å²) in [7, 11) is 1.42. The Morgan fingerprint density at radius 1 is 1.32 bits per heavy atom. The third-order valence-corrected chi connectivity index (χ3v) is 6.56. The highest BCUT2D eigenvalue weighted by Gasteiger charge is 2.69. The molecular weight excluding hydrogens is 240 g/mol. The quantitative estimate of drug-likeness (QED) is 0.436. The van der Waals surface area contributed by atoms with Crippen LogP contribution in [0.2, 0.25) is 0 Å². The Balaban J connectivity index is 2.20. The number of fused-ring (bicyclic) bond motifs is 1. The summed E-state index contributed by atoms with van der Waals surface area (Å²) in [6, 6.07) is 0. The average Bonchev–Trinajstić information content (AvgIpc) is 2.78. The van der Waals surface area contributed by atoms with E-state index in [9.17, 15) is 9.59 Å². The molecule has 3 heteroatoms. The number of hydrogen-bond acceptors (Lipinski definition) is 3. The van der Waals surface area contributed by atoms with Crippen LogP contribution in [0.5, 0.6) is 0 Å². The van der Waals surface area contributed by atoms with Crippen LogP contribution < -0.4 is 0 Å². The molecule has 104 valence electrons. The first-order chi connectivity index (χ1) is 8.97. The predicted octanol–water partition coefficient (Wildman–Crippen LogP) is 2.75. The molecule has 0 N–H and O–H groups in total. The molecule has 0 amide bonds. The maximum Gasteiger partial charge on any atom is 0.316 e. The summed E-state index contributed by atoms with van der Waals surface area (Å²) in [4.78, 5) is 24.3. The first-order valence-electron chi connectivity index (χ1n) is 7.22. The van der Waals surface area contributed by atoms with Crippen molar-refractivity contribution in [3.8, 4) is 0 Å². The van der Waals surface area contributed by atoms with Gasteiger partial charge in [0.05, 0.1) is 12.5 Å². The van der Waals surface area contributed by atoms with E-state index in [2.05, 4.69) is 13.0 Å². The van der Waals surface area contributed by atoms with Crippen molar-refractivity contribution in [3.05, 3.63) is 12.2 Å². The summed E-state index contributed by atoms with van der Waals surface area (Å²) >= 11 is 0. The first-order valence-corrected chi connectivity index (χ1v) is 7.22. The number of rotatable bonds is 2. The molecular formula is C16H22O3.